The minimum atomic E-state index is -3.30. The molecule has 7 nitrogen and oxygen atoms in total. The number of anilines is 1. The Kier molecular flexibility index (Phi) is 7.45. The number of nitrogens with zero attached hydrogens (tertiary/aromatic N) is 2. The van der Waals surface area contributed by atoms with Crippen molar-refractivity contribution in [2.24, 2.45) is 5.73 Å². The molecule has 0 radical (unpaired) electrons. The molecule has 3 aromatic rings. The molecule has 3 N–H and O–H groups in total. The molecule has 1 amide bonds. The third kappa shape index (κ3) is 5.97. The van der Waals surface area contributed by atoms with Gasteiger partial charge in [0.05, 0.1) is 29.4 Å². The number of sulfonamides is 1. The Morgan fingerprint density at radius 2 is 1.67 bits per heavy atom. The van der Waals surface area contributed by atoms with Crippen LogP contribution in [0, 0.1) is 23.3 Å². The molecule has 2 aliphatic rings. The number of nitrogens with one attached hydrogen (secondary N) is 1. The molecular weight excluding hydrogens is 536 g/mol. The van der Waals surface area contributed by atoms with Crippen molar-refractivity contribution in [1.82, 2.24) is 9.29 Å². The molecule has 1 saturated heterocycles. The molecule has 5 rings (SSSR count). The minimum absolute atomic E-state index is 0.0518. The second kappa shape index (κ2) is 10.7. The first-order chi connectivity index (χ1) is 18.5. The fourth-order valence-electron chi connectivity index (χ4n) is 4.80. The van der Waals surface area contributed by atoms with E-state index in [9.17, 15) is 30.8 Å². The van der Waals surface area contributed by atoms with Crippen LogP contribution in [0.5, 0.6) is 0 Å². The first kappa shape index (κ1) is 27.2. The summed E-state index contributed by atoms with van der Waals surface area (Å²) in [5, 5.41) is 2.24. The average Bonchev–Trinajstić information content (AvgIpc) is 3.78. The summed E-state index contributed by atoms with van der Waals surface area (Å²) in [6.07, 6.45) is 4.04. The zero-order valence-corrected chi connectivity index (χ0v) is 21.5. The number of amides is 1. The molecule has 4 atom stereocenters. The lowest BCUT2D eigenvalue weighted by Gasteiger charge is -2.25. The fraction of sp³-hybridized carbons (Fsp3) is 0.333. The molecular formula is C27H26F4N4O3S. The normalized spacial score (nSPS) is 20.3. The monoisotopic (exact) mass is 562 g/mol. The summed E-state index contributed by atoms with van der Waals surface area (Å²) in [5.41, 5.74) is 6.88. The van der Waals surface area contributed by atoms with Gasteiger partial charge in [-0.05, 0) is 61.1 Å². The van der Waals surface area contributed by atoms with Crippen molar-refractivity contribution < 1.29 is 30.8 Å². The Bertz CT molecular complexity index is 1480. The minimum Gasteiger partial charge on any atom is -0.323 e. The summed E-state index contributed by atoms with van der Waals surface area (Å²) < 4.78 is 82.6. The van der Waals surface area contributed by atoms with Crippen molar-refractivity contribution in [1.29, 1.82) is 0 Å². The Labute approximate surface area is 223 Å². The molecule has 1 aliphatic heterocycles. The Balaban J connectivity index is 1.35. The van der Waals surface area contributed by atoms with Gasteiger partial charge in [0.2, 0.25) is 15.9 Å². The second-order valence-corrected chi connectivity index (χ2v) is 12.1. The Morgan fingerprint density at radius 3 is 2.31 bits per heavy atom. The van der Waals surface area contributed by atoms with Gasteiger partial charge < -0.3 is 11.1 Å². The van der Waals surface area contributed by atoms with Gasteiger partial charge in [-0.2, -0.15) is 4.31 Å². The quantitative estimate of drug-likeness (QED) is 0.289. The summed E-state index contributed by atoms with van der Waals surface area (Å²) in [6, 6.07) is 6.12. The first-order valence-corrected chi connectivity index (χ1v) is 14.0. The summed E-state index contributed by atoms with van der Waals surface area (Å²) in [7, 11) is -3.30. The Morgan fingerprint density at radius 1 is 1.00 bits per heavy atom. The van der Waals surface area contributed by atoms with E-state index in [1.54, 1.807) is 0 Å². The van der Waals surface area contributed by atoms with Gasteiger partial charge in [0.25, 0.3) is 0 Å². The lowest BCUT2D eigenvalue weighted by molar-refractivity contribution is -0.117. The number of carbonyl (C=O) groups is 1. The van der Waals surface area contributed by atoms with Gasteiger partial charge >= 0.3 is 0 Å². The molecule has 12 heteroatoms. The maximum atomic E-state index is 14.8. The van der Waals surface area contributed by atoms with Crippen molar-refractivity contribution in [2.75, 3.05) is 11.9 Å². The number of carbonyl (C=O) groups excluding carboxylic acids is 1. The molecule has 1 aromatic heterocycles. The van der Waals surface area contributed by atoms with Crippen molar-refractivity contribution in [3.8, 4) is 0 Å². The molecule has 2 aromatic carbocycles. The zero-order chi connectivity index (χ0) is 27.9. The molecule has 2 fully saturated rings. The molecule has 1 saturated carbocycles. The van der Waals surface area contributed by atoms with E-state index in [-0.39, 0.29) is 34.5 Å². The standard InChI is InChI=1S/C27H26F4N4O3S/c28-17-3-1-15(2-4-17)25(16-9-18(29)11-19(30)10-16)26(32)27(36)34-24-13-33-12-23(31)22(24)8-5-20-14-35(20)39(37,38)21-6-7-21/h1-4,9-13,20-21,25-26H,5-8,14,32H2,(H,34,36)/t20-,25-,26-,35?/m0/s1. The Hall–Kier alpha value is -3.35. The maximum absolute atomic E-state index is 14.8. The number of hydrogen-bond donors (Lipinski definition) is 2. The van der Waals surface area contributed by atoms with E-state index in [1.165, 1.54) is 22.6 Å². The topological polar surface area (TPSA) is 105 Å². The third-order valence-corrected chi connectivity index (χ3v) is 9.48. The van der Waals surface area contributed by atoms with Gasteiger partial charge in [0.15, 0.2) is 0 Å². The van der Waals surface area contributed by atoms with Crippen LogP contribution in [0.4, 0.5) is 23.2 Å². The van der Waals surface area contributed by atoms with Gasteiger partial charge in [-0.25, -0.2) is 26.0 Å². The molecule has 39 heavy (non-hydrogen) atoms. The van der Waals surface area contributed by atoms with E-state index in [4.69, 9.17) is 5.73 Å². The van der Waals surface area contributed by atoms with Crippen LogP contribution >= 0.6 is 0 Å². The highest BCUT2D eigenvalue weighted by atomic mass is 32.2. The van der Waals surface area contributed by atoms with Gasteiger partial charge in [0.1, 0.15) is 23.3 Å². The van der Waals surface area contributed by atoms with Crippen LogP contribution in [0.15, 0.2) is 54.9 Å². The average molecular weight is 563 g/mol. The highest BCUT2D eigenvalue weighted by Crippen LogP contribution is 2.38. The van der Waals surface area contributed by atoms with E-state index >= 15 is 0 Å². The van der Waals surface area contributed by atoms with E-state index < -0.39 is 51.2 Å². The molecule has 0 bridgehead atoms. The van der Waals surface area contributed by atoms with Crippen molar-refractivity contribution >= 4 is 21.6 Å². The maximum Gasteiger partial charge on any atom is 0.242 e. The highest BCUT2D eigenvalue weighted by molar-refractivity contribution is 7.90. The van der Waals surface area contributed by atoms with Crippen LogP contribution in [0.1, 0.15) is 41.9 Å². The van der Waals surface area contributed by atoms with Crippen LogP contribution < -0.4 is 11.1 Å². The SMILES string of the molecule is N[C@H](C(=O)Nc1cncc(F)c1CC[C@H]1CN1S(=O)(=O)C1CC1)[C@@H](c1ccc(F)cc1)c1cc(F)cc(F)c1. The zero-order valence-electron chi connectivity index (χ0n) is 20.7. The lowest BCUT2D eigenvalue weighted by atomic mass is 9.84. The number of nitrogens with two attached hydrogens (primary N) is 1. The summed E-state index contributed by atoms with van der Waals surface area (Å²) in [4.78, 5) is 17.1. The molecule has 1 unspecified atom stereocenters. The first-order valence-electron chi connectivity index (χ1n) is 12.5. The number of halogens is 4. The van der Waals surface area contributed by atoms with E-state index in [1.807, 2.05) is 0 Å². The molecule has 1 aliphatic carbocycles. The summed E-state index contributed by atoms with van der Waals surface area (Å²) >= 11 is 0. The predicted octanol–water partition coefficient (Wildman–Crippen LogP) is 3.84. The van der Waals surface area contributed by atoms with Crippen LogP contribution in [-0.2, 0) is 21.2 Å². The van der Waals surface area contributed by atoms with Gasteiger partial charge in [-0.1, -0.05) is 12.1 Å². The summed E-state index contributed by atoms with van der Waals surface area (Å²) in [5.74, 6) is -4.82. The van der Waals surface area contributed by atoms with E-state index in [0.717, 1.165) is 30.5 Å². The van der Waals surface area contributed by atoms with E-state index in [0.29, 0.717) is 37.4 Å². The molecule has 2 heterocycles. The molecule has 206 valence electrons. The van der Waals surface area contributed by atoms with Crippen LogP contribution in [0.3, 0.4) is 0 Å². The number of hydrogen-bond acceptors (Lipinski definition) is 5. The lowest BCUT2D eigenvalue weighted by Crippen LogP contribution is -2.41. The van der Waals surface area contributed by atoms with Crippen molar-refractivity contribution in [2.45, 2.75) is 48.9 Å². The summed E-state index contributed by atoms with van der Waals surface area (Å²) in [6.45, 7) is 0.377. The number of benzene rings is 2. The van der Waals surface area contributed by atoms with Crippen LogP contribution in [-0.4, -0.2) is 47.5 Å². The van der Waals surface area contributed by atoms with Gasteiger partial charge in [0, 0.05) is 30.1 Å². The van der Waals surface area contributed by atoms with Crippen LogP contribution in [0.25, 0.3) is 0 Å². The fourth-order valence-corrected chi connectivity index (χ4v) is 6.81. The second-order valence-electron chi connectivity index (χ2n) is 9.90. The number of aromatic nitrogens is 1. The van der Waals surface area contributed by atoms with Gasteiger partial charge in [-0.3, -0.25) is 9.78 Å². The number of pyridine rings is 1. The highest BCUT2D eigenvalue weighted by Gasteiger charge is 2.50. The van der Waals surface area contributed by atoms with Crippen molar-refractivity contribution in [3.05, 3.63) is 94.8 Å². The van der Waals surface area contributed by atoms with E-state index in [2.05, 4.69) is 10.3 Å². The van der Waals surface area contributed by atoms with Crippen LogP contribution in [0.2, 0.25) is 0 Å². The smallest absolute Gasteiger partial charge is 0.242 e. The predicted molar refractivity (Wildman–Crippen MR) is 136 cm³/mol. The third-order valence-electron chi connectivity index (χ3n) is 7.06. The van der Waals surface area contributed by atoms with Crippen molar-refractivity contribution in [3.63, 3.8) is 0 Å². The largest absolute Gasteiger partial charge is 0.323 e. The molecule has 0 spiro atoms. The number of rotatable bonds is 10. The van der Waals surface area contributed by atoms with Gasteiger partial charge in [-0.15, -0.1) is 0 Å².